The van der Waals surface area contributed by atoms with Gasteiger partial charge in [-0.25, -0.2) is 0 Å². The molecule has 4 aromatic carbocycles. The minimum absolute atomic E-state index is 0. The van der Waals surface area contributed by atoms with Crippen molar-refractivity contribution in [2.45, 2.75) is 99.8 Å². The molecular formula is C38H49Cl3SiTi. The average Bonchev–Trinajstić information content (AvgIpc) is 3.17. The zero-order valence-corrected chi connectivity index (χ0v) is 33.3. The summed E-state index contributed by atoms with van der Waals surface area (Å²) in [5.74, 6) is 0. The van der Waals surface area contributed by atoms with E-state index in [1.165, 1.54) is 66.4 Å². The minimum atomic E-state index is -0.674. The van der Waals surface area contributed by atoms with Crippen molar-refractivity contribution in [2.75, 3.05) is 0 Å². The van der Waals surface area contributed by atoms with Crippen molar-refractivity contribution < 1.29 is 58.9 Å². The van der Waals surface area contributed by atoms with Gasteiger partial charge in [0, 0.05) is 9.52 Å². The molecule has 0 aliphatic heterocycles. The van der Waals surface area contributed by atoms with E-state index in [1.54, 1.807) is 5.19 Å². The zero-order valence-electron chi connectivity index (χ0n) is 28.0. The predicted molar refractivity (Wildman–Crippen MR) is 178 cm³/mol. The Labute approximate surface area is 298 Å². The Kier molecular flexibility index (Phi) is 15.9. The number of rotatable bonds is 6. The monoisotopic (exact) mass is 686 g/mol. The van der Waals surface area contributed by atoms with Crippen molar-refractivity contribution in [1.82, 2.24) is 0 Å². The van der Waals surface area contributed by atoms with Crippen LogP contribution in [-0.4, -0.2) is 9.52 Å². The van der Waals surface area contributed by atoms with Gasteiger partial charge in [0.15, 0.2) is 0 Å². The molecule has 230 valence electrons. The predicted octanol–water partition coefficient (Wildman–Crippen LogP) is -0.486. The minimum Gasteiger partial charge on any atom is -1.00 e. The van der Waals surface area contributed by atoms with Crippen molar-refractivity contribution in [2.24, 2.45) is 0 Å². The molecule has 4 rings (SSSR count). The van der Waals surface area contributed by atoms with Gasteiger partial charge in [-0.2, -0.15) is 0 Å². The van der Waals surface area contributed by atoms with Crippen LogP contribution < -0.4 is 47.6 Å². The topological polar surface area (TPSA) is 0 Å². The Hall–Kier alpha value is -1.19. The van der Waals surface area contributed by atoms with Crippen LogP contribution >= 0.6 is 0 Å². The molecule has 0 heterocycles. The molecule has 0 aromatic heterocycles. The fourth-order valence-corrected chi connectivity index (χ4v) is 8.05. The summed E-state index contributed by atoms with van der Waals surface area (Å²) < 4.78 is 0. The molecule has 0 saturated carbocycles. The van der Waals surface area contributed by atoms with E-state index < -0.39 is 9.52 Å². The summed E-state index contributed by atoms with van der Waals surface area (Å²) in [5, 5.41) is 3.14. The first-order valence-corrected chi connectivity index (χ1v) is 16.3. The standard InChI is InChI=1S/C38H49Si.3ClH.Ti/c1-12-27-17-28(13-2)19-29(18-27)35-23-34(26(5)36(35)39-33-15-24(3)14-25(4)16-33)30-20-31(37(6,7)8)22-32(21-30)38(9,10)11;;;;/h14-23H,12-13,39H2,1-11H3;3*1H;/q-1;;;;+4/p-3. The molecule has 0 atom stereocenters. The molecular weight excluding hydrogens is 639 g/mol. The smallest absolute Gasteiger partial charge is 1.00 e. The second-order valence-corrected chi connectivity index (χ2v) is 15.7. The molecule has 0 spiro atoms. The fourth-order valence-electron chi connectivity index (χ4n) is 5.84. The molecule has 0 saturated heterocycles. The van der Waals surface area contributed by atoms with Gasteiger partial charge in [-0.05, 0) is 48.6 Å². The molecule has 5 heteroatoms. The molecule has 0 N–H and O–H groups in total. The quantitative estimate of drug-likeness (QED) is 0.190. The van der Waals surface area contributed by atoms with Gasteiger partial charge in [0.05, 0.1) is 0 Å². The van der Waals surface area contributed by atoms with Gasteiger partial charge in [0.1, 0.15) is 0 Å². The Bertz CT molecular complexity index is 1430. The summed E-state index contributed by atoms with van der Waals surface area (Å²) in [5.41, 5.74) is 15.8. The Balaban J connectivity index is 0.00000441. The van der Waals surface area contributed by atoms with Crippen molar-refractivity contribution in [3.63, 3.8) is 0 Å². The Morgan fingerprint density at radius 1 is 0.628 bits per heavy atom. The third-order valence-electron chi connectivity index (χ3n) is 8.29. The van der Waals surface area contributed by atoms with Crippen LogP contribution in [0.15, 0.2) is 60.7 Å². The van der Waals surface area contributed by atoms with E-state index >= 15 is 0 Å². The maximum atomic E-state index is 2.53. The summed E-state index contributed by atoms with van der Waals surface area (Å²) in [6, 6.07) is 24.3. The van der Waals surface area contributed by atoms with E-state index in [4.69, 9.17) is 0 Å². The second-order valence-electron chi connectivity index (χ2n) is 13.8. The van der Waals surface area contributed by atoms with Crippen LogP contribution in [0.5, 0.6) is 0 Å². The van der Waals surface area contributed by atoms with E-state index in [-0.39, 0.29) is 69.8 Å². The fraction of sp³-hybridized carbons (Fsp3) is 0.395. The van der Waals surface area contributed by atoms with Gasteiger partial charge in [-0.15, -0.1) is 40.1 Å². The van der Waals surface area contributed by atoms with E-state index in [0.29, 0.717) is 0 Å². The maximum absolute atomic E-state index is 2.53. The maximum Gasteiger partial charge on any atom is 4.00 e. The van der Waals surface area contributed by atoms with Crippen LogP contribution in [0.3, 0.4) is 0 Å². The third kappa shape index (κ3) is 9.90. The van der Waals surface area contributed by atoms with Crippen LogP contribution in [0.25, 0.3) is 22.3 Å². The molecule has 0 aliphatic rings. The normalized spacial score (nSPS) is 11.4. The van der Waals surface area contributed by atoms with E-state index in [0.717, 1.165) is 12.8 Å². The largest absolute Gasteiger partial charge is 4.00 e. The average molecular weight is 688 g/mol. The van der Waals surface area contributed by atoms with E-state index in [2.05, 4.69) is 137 Å². The summed E-state index contributed by atoms with van der Waals surface area (Å²) in [6.07, 6.45) is 2.14. The molecule has 0 aliphatic carbocycles. The Morgan fingerprint density at radius 3 is 1.51 bits per heavy atom. The summed E-state index contributed by atoms with van der Waals surface area (Å²) in [4.78, 5) is 0. The first-order chi connectivity index (χ1) is 18.2. The van der Waals surface area contributed by atoms with Crippen LogP contribution in [0.1, 0.15) is 94.3 Å². The molecule has 0 nitrogen and oxygen atoms in total. The van der Waals surface area contributed by atoms with Crippen molar-refractivity contribution in [3.05, 3.63) is 99.6 Å². The van der Waals surface area contributed by atoms with Crippen molar-refractivity contribution >= 4 is 19.9 Å². The van der Waals surface area contributed by atoms with E-state index in [1.807, 2.05) is 0 Å². The van der Waals surface area contributed by atoms with Crippen molar-refractivity contribution in [1.29, 1.82) is 0 Å². The molecule has 0 bridgehead atoms. The summed E-state index contributed by atoms with van der Waals surface area (Å²) >= 11 is 0. The van der Waals surface area contributed by atoms with Crippen LogP contribution in [0.4, 0.5) is 0 Å². The van der Waals surface area contributed by atoms with Gasteiger partial charge >= 0.3 is 21.7 Å². The first-order valence-electron chi connectivity index (χ1n) is 14.9. The van der Waals surface area contributed by atoms with Gasteiger partial charge in [-0.1, -0.05) is 143 Å². The van der Waals surface area contributed by atoms with Crippen LogP contribution in [0.2, 0.25) is 0 Å². The summed E-state index contributed by atoms with van der Waals surface area (Å²) in [7, 11) is -0.674. The molecule has 43 heavy (non-hydrogen) atoms. The third-order valence-corrected chi connectivity index (χ3v) is 10.4. The van der Waals surface area contributed by atoms with Crippen LogP contribution in [-0.2, 0) is 45.4 Å². The zero-order chi connectivity index (χ0) is 28.7. The molecule has 0 amide bonds. The molecule has 0 radical (unpaired) electrons. The van der Waals surface area contributed by atoms with Gasteiger partial charge in [0.2, 0.25) is 0 Å². The number of aryl methyl sites for hydroxylation is 4. The molecule has 0 fully saturated rings. The van der Waals surface area contributed by atoms with Gasteiger partial charge in [-0.3, -0.25) is 0 Å². The summed E-state index contributed by atoms with van der Waals surface area (Å²) in [6.45, 7) is 25.4. The number of hydrogen-bond acceptors (Lipinski definition) is 0. The molecule has 4 aromatic rings. The number of halogens is 3. The second kappa shape index (κ2) is 16.4. The number of hydrogen-bond donors (Lipinski definition) is 0. The number of benzene rings is 3. The van der Waals surface area contributed by atoms with Gasteiger partial charge in [0.25, 0.3) is 0 Å². The SMILES string of the molecule is CCc1cc(CC)cc(-c2c[c-](-c3cc(C(C)(C)C)cc(C(C)(C)C)c3)c(C)c2[SiH2]c2cc(C)cc(C)c2)c1.[Cl-].[Cl-].[Cl-].[Ti+4]. The van der Waals surface area contributed by atoms with Crippen molar-refractivity contribution in [3.8, 4) is 22.3 Å². The first kappa shape index (κ1) is 41.8. The Morgan fingerprint density at radius 2 is 1.09 bits per heavy atom. The van der Waals surface area contributed by atoms with E-state index in [9.17, 15) is 0 Å². The molecule has 0 unspecified atom stereocenters. The van der Waals surface area contributed by atoms with Crippen LogP contribution in [0, 0.1) is 20.8 Å². The van der Waals surface area contributed by atoms with Gasteiger partial charge < -0.3 is 37.2 Å².